The number of hydrogen-bond donors (Lipinski definition) is 2. The van der Waals surface area contributed by atoms with Gasteiger partial charge in [0.25, 0.3) is 5.91 Å². The van der Waals surface area contributed by atoms with Gasteiger partial charge in [-0.25, -0.2) is 9.67 Å². The van der Waals surface area contributed by atoms with Gasteiger partial charge in [0.15, 0.2) is 17.3 Å². The minimum absolute atomic E-state index is 0.00630. The van der Waals surface area contributed by atoms with Crippen LogP contribution in [0.5, 0.6) is 5.75 Å². The van der Waals surface area contributed by atoms with Crippen LogP contribution in [0, 0.1) is 0 Å². The Morgan fingerprint density at radius 2 is 1.75 bits per heavy atom. The molecule has 0 saturated heterocycles. The Hall–Kier alpha value is -3.85. The van der Waals surface area contributed by atoms with E-state index in [2.05, 4.69) is 15.4 Å². The molecule has 0 unspecified atom stereocenters. The van der Waals surface area contributed by atoms with Crippen molar-refractivity contribution in [1.29, 1.82) is 0 Å². The average molecular weight is 459 g/mol. The number of nitrogens with zero attached hydrogens (tertiary/aromatic N) is 3. The summed E-state index contributed by atoms with van der Waals surface area (Å²) in [4.78, 5) is 16.3. The number of benzene rings is 2. The summed E-state index contributed by atoms with van der Waals surface area (Å²) < 4.78 is 41.1. The molecule has 2 aromatic heterocycles. The highest BCUT2D eigenvalue weighted by atomic mass is 35.5. The zero-order chi connectivity index (χ0) is 22.9. The van der Waals surface area contributed by atoms with Gasteiger partial charge in [-0.2, -0.15) is 18.3 Å². The second-order valence-corrected chi connectivity index (χ2v) is 7.09. The third-order valence-corrected chi connectivity index (χ3v) is 4.86. The number of carbonyl (C=O) groups excluding carboxylic acids is 1. The van der Waals surface area contributed by atoms with E-state index in [1.54, 1.807) is 24.3 Å². The number of amides is 1. The highest BCUT2D eigenvalue weighted by molar-refractivity contribution is 6.32. The molecule has 4 rings (SSSR count). The molecule has 0 fully saturated rings. The summed E-state index contributed by atoms with van der Waals surface area (Å²) in [7, 11) is 0. The van der Waals surface area contributed by atoms with Gasteiger partial charge < -0.3 is 10.4 Å². The number of rotatable bonds is 4. The van der Waals surface area contributed by atoms with Crippen LogP contribution in [0.25, 0.3) is 16.9 Å². The van der Waals surface area contributed by atoms with Crippen LogP contribution in [0.3, 0.4) is 0 Å². The Morgan fingerprint density at radius 1 is 1.03 bits per heavy atom. The lowest BCUT2D eigenvalue weighted by Gasteiger charge is -2.10. The molecule has 1 amide bonds. The summed E-state index contributed by atoms with van der Waals surface area (Å²) in [6.45, 7) is 0. The summed E-state index contributed by atoms with van der Waals surface area (Å²) in [5.41, 5.74) is -0.0180. The van der Waals surface area contributed by atoms with Gasteiger partial charge in [-0.15, -0.1) is 0 Å². The van der Waals surface area contributed by atoms with Crippen molar-refractivity contribution in [2.45, 2.75) is 6.18 Å². The molecule has 0 radical (unpaired) electrons. The Morgan fingerprint density at radius 3 is 2.41 bits per heavy atom. The van der Waals surface area contributed by atoms with E-state index in [1.165, 1.54) is 42.6 Å². The number of nitrogens with one attached hydrogen (secondary N) is 1. The van der Waals surface area contributed by atoms with Crippen molar-refractivity contribution in [3.05, 3.63) is 89.2 Å². The van der Waals surface area contributed by atoms with E-state index in [9.17, 15) is 23.1 Å². The molecule has 2 N–H and O–H groups in total. The van der Waals surface area contributed by atoms with Crippen LogP contribution < -0.4 is 5.32 Å². The number of carbonyl (C=O) groups is 1. The fourth-order valence-electron chi connectivity index (χ4n) is 3.00. The molecule has 0 saturated carbocycles. The molecule has 0 atom stereocenters. The van der Waals surface area contributed by atoms with Crippen molar-refractivity contribution in [2.75, 3.05) is 5.32 Å². The van der Waals surface area contributed by atoms with Crippen molar-refractivity contribution in [3.8, 4) is 22.7 Å². The molecule has 0 aliphatic carbocycles. The Kier molecular flexibility index (Phi) is 5.58. The third kappa shape index (κ3) is 4.28. The number of pyridine rings is 1. The van der Waals surface area contributed by atoms with E-state index < -0.39 is 17.8 Å². The van der Waals surface area contributed by atoms with Gasteiger partial charge in [-0.05, 0) is 42.5 Å². The van der Waals surface area contributed by atoms with E-state index in [-0.39, 0.29) is 33.5 Å². The molecular formula is C22H14ClF3N4O2. The van der Waals surface area contributed by atoms with Gasteiger partial charge in [0, 0.05) is 17.3 Å². The molecular weight excluding hydrogens is 445 g/mol. The Balaban J connectivity index is 1.69. The van der Waals surface area contributed by atoms with E-state index in [0.29, 0.717) is 5.56 Å². The first-order valence-electron chi connectivity index (χ1n) is 9.22. The van der Waals surface area contributed by atoms with Crippen molar-refractivity contribution in [2.24, 2.45) is 0 Å². The van der Waals surface area contributed by atoms with Crippen molar-refractivity contribution < 1.29 is 23.1 Å². The van der Waals surface area contributed by atoms with E-state index in [1.807, 2.05) is 0 Å². The monoisotopic (exact) mass is 458 g/mol. The Labute approximate surface area is 184 Å². The third-order valence-electron chi connectivity index (χ3n) is 4.54. The normalized spacial score (nSPS) is 11.4. The number of aromatic hydroxyl groups is 1. The summed E-state index contributed by atoms with van der Waals surface area (Å²) >= 11 is 6.18. The molecule has 2 heterocycles. The maximum atomic E-state index is 13.3. The van der Waals surface area contributed by atoms with Crippen LogP contribution >= 0.6 is 11.6 Å². The maximum absolute atomic E-state index is 13.3. The maximum Gasteiger partial charge on any atom is 0.435 e. The lowest BCUT2D eigenvalue weighted by atomic mass is 10.1. The Bertz CT molecular complexity index is 1290. The molecule has 4 aromatic rings. The smallest absolute Gasteiger partial charge is 0.435 e. The predicted octanol–water partition coefficient (Wildman–Crippen LogP) is 5.56. The first-order valence-corrected chi connectivity index (χ1v) is 9.60. The van der Waals surface area contributed by atoms with E-state index in [4.69, 9.17) is 11.6 Å². The van der Waals surface area contributed by atoms with Gasteiger partial charge in [0.2, 0.25) is 0 Å². The highest BCUT2D eigenvalue weighted by Crippen LogP contribution is 2.34. The summed E-state index contributed by atoms with van der Waals surface area (Å²) in [5, 5.41) is 16.1. The quantitative estimate of drug-likeness (QED) is 0.419. The molecule has 6 nitrogen and oxygen atoms in total. The van der Waals surface area contributed by atoms with Crippen molar-refractivity contribution >= 4 is 23.3 Å². The number of halogens is 4. The van der Waals surface area contributed by atoms with E-state index in [0.717, 1.165) is 10.7 Å². The largest absolute Gasteiger partial charge is 0.504 e. The number of anilines is 1. The highest BCUT2D eigenvalue weighted by Gasteiger charge is 2.35. The zero-order valence-electron chi connectivity index (χ0n) is 16.1. The van der Waals surface area contributed by atoms with Crippen LogP contribution in [-0.2, 0) is 6.18 Å². The van der Waals surface area contributed by atoms with Gasteiger partial charge in [0.1, 0.15) is 0 Å². The second-order valence-electron chi connectivity index (χ2n) is 6.68. The number of aromatic nitrogens is 3. The van der Waals surface area contributed by atoms with Crippen LogP contribution in [0.2, 0.25) is 5.02 Å². The van der Waals surface area contributed by atoms with Gasteiger partial charge in [-0.1, -0.05) is 35.9 Å². The molecule has 162 valence electrons. The molecule has 0 aliphatic rings. The number of alkyl halides is 3. The van der Waals surface area contributed by atoms with Crippen molar-refractivity contribution in [1.82, 2.24) is 14.8 Å². The van der Waals surface area contributed by atoms with Crippen molar-refractivity contribution in [3.63, 3.8) is 0 Å². The average Bonchev–Trinajstić information content (AvgIpc) is 3.21. The minimum Gasteiger partial charge on any atom is -0.504 e. The predicted molar refractivity (Wildman–Crippen MR) is 113 cm³/mol. The first kappa shape index (κ1) is 21.4. The topological polar surface area (TPSA) is 80.0 Å². The molecule has 32 heavy (non-hydrogen) atoms. The minimum atomic E-state index is -4.65. The number of para-hydroxylation sites is 1. The zero-order valence-corrected chi connectivity index (χ0v) is 16.9. The molecule has 0 bridgehead atoms. The van der Waals surface area contributed by atoms with Gasteiger partial charge in [0.05, 0.1) is 16.4 Å². The first-order chi connectivity index (χ1) is 15.2. The van der Waals surface area contributed by atoms with Crippen LogP contribution in [-0.4, -0.2) is 25.8 Å². The van der Waals surface area contributed by atoms with Crippen LogP contribution in [0.4, 0.5) is 19.0 Å². The molecule has 2 aromatic carbocycles. The fourth-order valence-corrected chi connectivity index (χ4v) is 3.21. The van der Waals surface area contributed by atoms with Crippen LogP contribution in [0.15, 0.2) is 72.9 Å². The second kappa shape index (κ2) is 8.35. The summed E-state index contributed by atoms with van der Waals surface area (Å²) in [6, 6.07) is 16.1. The lowest BCUT2D eigenvalue weighted by Crippen LogP contribution is -2.12. The lowest BCUT2D eigenvalue weighted by molar-refractivity contribution is -0.141. The molecule has 10 heteroatoms. The fraction of sp³-hybridized carbons (Fsp3) is 0.0455. The number of hydrogen-bond acceptors (Lipinski definition) is 4. The summed E-state index contributed by atoms with van der Waals surface area (Å²) in [5.74, 6) is -0.741. The summed E-state index contributed by atoms with van der Waals surface area (Å²) in [6.07, 6.45) is -3.24. The van der Waals surface area contributed by atoms with Gasteiger partial charge in [-0.3, -0.25) is 4.79 Å². The molecule has 0 spiro atoms. The molecule has 0 aliphatic heterocycles. The van der Waals surface area contributed by atoms with Gasteiger partial charge >= 0.3 is 6.18 Å². The van der Waals surface area contributed by atoms with Crippen LogP contribution in [0.1, 0.15) is 16.1 Å². The SMILES string of the molecule is O=C(Nc1ncccc1O)c1ccc(-c2cc(C(F)(F)F)nn2-c2ccccc2Cl)cc1. The van der Waals surface area contributed by atoms with E-state index >= 15 is 0 Å². The standard InChI is InChI=1S/C22H14ClF3N4O2/c23-15-4-1-2-5-16(15)30-17(12-19(29-30)22(24,25)26)13-7-9-14(10-8-13)21(32)28-20-18(31)6-3-11-27-20/h1-12,31H,(H,27,28,32).